The van der Waals surface area contributed by atoms with Crippen LogP contribution in [-0.2, 0) is 9.59 Å². The zero-order chi connectivity index (χ0) is 26.7. The fraction of sp³-hybridized carbons (Fsp3) is 0.267. The van der Waals surface area contributed by atoms with E-state index in [1.54, 1.807) is 54.6 Å². The fourth-order valence-corrected chi connectivity index (χ4v) is 4.47. The molecule has 1 fully saturated rings. The number of amides is 1. The Morgan fingerprint density at radius 1 is 1.00 bits per heavy atom. The average molecular weight is 502 g/mol. The van der Waals surface area contributed by atoms with Gasteiger partial charge in [-0.05, 0) is 81.3 Å². The monoisotopic (exact) mass is 501 g/mol. The summed E-state index contributed by atoms with van der Waals surface area (Å²) >= 11 is 0. The highest BCUT2D eigenvalue weighted by Crippen LogP contribution is 2.43. The number of carbonyl (C=O) groups is 2. The lowest BCUT2D eigenvalue weighted by Crippen LogP contribution is -2.29. The van der Waals surface area contributed by atoms with Crippen LogP contribution in [0.2, 0.25) is 0 Å². The molecule has 1 atom stereocenters. The summed E-state index contributed by atoms with van der Waals surface area (Å²) < 4.78 is 16.8. The number of ketones is 1. The van der Waals surface area contributed by atoms with Crippen molar-refractivity contribution in [2.45, 2.75) is 39.8 Å². The van der Waals surface area contributed by atoms with Crippen LogP contribution in [-0.4, -0.2) is 36.6 Å². The quantitative estimate of drug-likeness (QED) is 0.238. The van der Waals surface area contributed by atoms with E-state index in [4.69, 9.17) is 14.2 Å². The maximum Gasteiger partial charge on any atom is 0.300 e. The molecular weight excluding hydrogens is 470 g/mol. The molecule has 0 radical (unpaired) electrons. The maximum absolute atomic E-state index is 13.5. The van der Waals surface area contributed by atoms with Gasteiger partial charge in [0, 0.05) is 17.3 Å². The van der Waals surface area contributed by atoms with E-state index < -0.39 is 17.7 Å². The Kier molecular flexibility index (Phi) is 7.53. The van der Waals surface area contributed by atoms with Crippen molar-refractivity contribution < 1.29 is 28.9 Å². The van der Waals surface area contributed by atoms with Gasteiger partial charge in [-0.1, -0.05) is 18.2 Å². The predicted molar refractivity (Wildman–Crippen MR) is 142 cm³/mol. The first-order chi connectivity index (χ1) is 17.7. The molecule has 7 nitrogen and oxygen atoms in total. The zero-order valence-electron chi connectivity index (χ0n) is 21.6. The number of Topliss-reactive ketones (excluding diaryl/α,β-unsaturated/α-hetero) is 1. The first-order valence-electron chi connectivity index (χ1n) is 12.2. The second-order valence-corrected chi connectivity index (χ2v) is 9.02. The lowest BCUT2D eigenvalue weighted by molar-refractivity contribution is -0.132. The maximum atomic E-state index is 13.5. The number of aliphatic hydroxyl groups excluding tert-OH is 1. The third-order valence-corrected chi connectivity index (χ3v) is 6.07. The van der Waals surface area contributed by atoms with Crippen LogP contribution in [0, 0.1) is 6.92 Å². The molecule has 1 aliphatic heterocycles. The van der Waals surface area contributed by atoms with Crippen LogP contribution < -0.4 is 19.1 Å². The summed E-state index contributed by atoms with van der Waals surface area (Å²) in [5, 5.41) is 11.4. The number of hydrogen-bond acceptors (Lipinski definition) is 6. The number of hydrogen-bond donors (Lipinski definition) is 1. The SMILES string of the molecule is CCOc1ccc(/C(O)=C2\C(=O)C(=O)N(c3cccc(OC)c3)C2c2cccc(OC(C)C)c2)cc1C. The van der Waals surface area contributed by atoms with Crippen LogP contribution in [0.25, 0.3) is 5.76 Å². The Morgan fingerprint density at radius 2 is 1.73 bits per heavy atom. The molecule has 1 heterocycles. The lowest BCUT2D eigenvalue weighted by atomic mass is 9.94. The molecule has 1 unspecified atom stereocenters. The molecule has 4 rings (SSSR count). The number of ether oxygens (including phenoxy) is 3. The van der Waals surface area contributed by atoms with Crippen LogP contribution in [0.1, 0.15) is 43.5 Å². The zero-order valence-corrected chi connectivity index (χ0v) is 21.6. The highest BCUT2D eigenvalue weighted by atomic mass is 16.5. The molecule has 0 aliphatic carbocycles. The first kappa shape index (κ1) is 25.8. The Bertz CT molecular complexity index is 1360. The van der Waals surface area contributed by atoms with Crippen LogP contribution in [0.5, 0.6) is 17.2 Å². The molecule has 1 amide bonds. The topological polar surface area (TPSA) is 85.3 Å². The van der Waals surface area contributed by atoms with Gasteiger partial charge in [-0.3, -0.25) is 14.5 Å². The standard InChI is InChI=1S/C30H31NO6/c1-6-36-25-14-13-21(15-19(25)4)28(32)26-27(20-9-7-12-24(16-20)37-18(2)3)31(30(34)29(26)33)22-10-8-11-23(17-22)35-5/h7-18,27,32H,6H2,1-5H3/b28-26+. The normalized spacial score (nSPS) is 16.8. The van der Waals surface area contributed by atoms with E-state index in [1.165, 1.54) is 12.0 Å². The minimum Gasteiger partial charge on any atom is -0.507 e. The molecule has 1 saturated heterocycles. The molecule has 192 valence electrons. The highest BCUT2D eigenvalue weighted by Gasteiger charge is 2.47. The van der Waals surface area contributed by atoms with Crippen molar-refractivity contribution in [3.8, 4) is 17.2 Å². The van der Waals surface area contributed by atoms with Gasteiger partial charge < -0.3 is 19.3 Å². The summed E-state index contributed by atoms with van der Waals surface area (Å²) in [6.07, 6.45) is -0.0631. The average Bonchev–Trinajstić information content (AvgIpc) is 3.15. The molecule has 1 N–H and O–H groups in total. The smallest absolute Gasteiger partial charge is 0.300 e. The Labute approximate surface area is 216 Å². The fourth-order valence-electron chi connectivity index (χ4n) is 4.47. The molecule has 3 aromatic carbocycles. The van der Waals surface area contributed by atoms with Gasteiger partial charge in [0.2, 0.25) is 0 Å². The van der Waals surface area contributed by atoms with Crippen LogP contribution in [0.3, 0.4) is 0 Å². The molecule has 7 heteroatoms. The molecule has 3 aromatic rings. The lowest BCUT2D eigenvalue weighted by Gasteiger charge is -2.26. The summed E-state index contributed by atoms with van der Waals surface area (Å²) in [5.41, 5.74) is 2.33. The molecule has 0 saturated carbocycles. The minimum atomic E-state index is -0.880. The third kappa shape index (κ3) is 5.16. The summed E-state index contributed by atoms with van der Waals surface area (Å²) in [4.78, 5) is 28.3. The number of aliphatic hydroxyl groups is 1. The summed E-state index contributed by atoms with van der Waals surface area (Å²) in [5.74, 6) is 0.0588. The van der Waals surface area contributed by atoms with Gasteiger partial charge >= 0.3 is 0 Å². The molecular formula is C30H31NO6. The second kappa shape index (κ2) is 10.8. The molecule has 0 spiro atoms. The number of anilines is 1. The van der Waals surface area contributed by atoms with Gasteiger partial charge in [-0.25, -0.2) is 0 Å². The Balaban J connectivity index is 1.92. The number of benzene rings is 3. The van der Waals surface area contributed by atoms with E-state index in [0.717, 1.165) is 5.56 Å². The summed E-state index contributed by atoms with van der Waals surface area (Å²) in [6.45, 7) is 8.10. The van der Waals surface area contributed by atoms with Crippen molar-refractivity contribution in [3.05, 3.63) is 89.0 Å². The Morgan fingerprint density at radius 3 is 2.41 bits per heavy atom. The van der Waals surface area contributed by atoms with E-state index in [9.17, 15) is 14.7 Å². The number of carbonyl (C=O) groups excluding carboxylic acids is 2. The van der Waals surface area contributed by atoms with Crippen LogP contribution in [0.15, 0.2) is 72.3 Å². The summed E-state index contributed by atoms with van der Waals surface area (Å²) in [7, 11) is 1.53. The van der Waals surface area contributed by atoms with E-state index in [2.05, 4.69) is 0 Å². The van der Waals surface area contributed by atoms with Gasteiger partial charge in [-0.2, -0.15) is 0 Å². The highest BCUT2D eigenvalue weighted by molar-refractivity contribution is 6.51. The van der Waals surface area contributed by atoms with E-state index in [-0.39, 0.29) is 17.4 Å². The third-order valence-electron chi connectivity index (χ3n) is 6.07. The summed E-state index contributed by atoms with van der Waals surface area (Å²) in [6, 6.07) is 18.5. The second-order valence-electron chi connectivity index (χ2n) is 9.02. The number of nitrogens with zero attached hydrogens (tertiary/aromatic N) is 1. The van der Waals surface area contributed by atoms with Gasteiger partial charge in [-0.15, -0.1) is 0 Å². The van der Waals surface area contributed by atoms with E-state index in [0.29, 0.717) is 40.7 Å². The molecule has 0 bridgehead atoms. The van der Waals surface area contributed by atoms with Crippen molar-refractivity contribution in [1.82, 2.24) is 0 Å². The largest absolute Gasteiger partial charge is 0.507 e. The van der Waals surface area contributed by atoms with Crippen LogP contribution in [0.4, 0.5) is 5.69 Å². The van der Waals surface area contributed by atoms with E-state index >= 15 is 0 Å². The van der Waals surface area contributed by atoms with Gasteiger partial charge in [0.1, 0.15) is 23.0 Å². The van der Waals surface area contributed by atoms with Crippen molar-refractivity contribution >= 4 is 23.1 Å². The molecule has 1 aliphatic rings. The first-order valence-corrected chi connectivity index (χ1v) is 12.2. The van der Waals surface area contributed by atoms with Crippen molar-refractivity contribution in [3.63, 3.8) is 0 Å². The van der Waals surface area contributed by atoms with E-state index in [1.807, 2.05) is 39.8 Å². The Hall–Kier alpha value is -4.26. The van der Waals surface area contributed by atoms with Crippen molar-refractivity contribution in [2.24, 2.45) is 0 Å². The number of rotatable bonds is 8. The molecule has 0 aromatic heterocycles. The van der Waals surface area contributed by atoms with Gasteiger partial charge in [0.15, 0.2) is 0 Å². The minimum absolute atomic E-state index is 0.00178. The van der Waals surface area contributed by atoms with Crippen molar-refractivity contribution in [2.75, 3.05) is 18.6 Å². The van der Waals surface area contributed by atoms with Gasteiger partial charge in [0.05, 0.1) is 31.4 Å². The van der Waals surface area contributed by atoms with Crippen LogP contribution >= 0.6 is 0 Å². The number of aryl methyl sites for hydroxylation is 1. The number of methoxy groups -OCH3 is 1. The van der Waals surface area contributed by atoms with Crippen molar-refractivity contribution in [1.29, 1.82) is 0 Å². The van der Waals surface area contributed by atoms with Gasteiger partial charge in [0.25, 0.3) is 11.7 Å². The predicted octanol–water partition coefficient (Wildman–Crippen LogP) is 5.82. The molecule has 37 heavy (non-hydrogen) atoms.